The molecule has 3 aliphatic heterocycles. The highest BCUT2D eigenvalue weighted by molar-refractivity contribution is 5.66. The Morgan fingerprint density at radius 1 is 1.63 bits per heavy atom. The van der Waals surface area contributed by atoms with E-state index in [0.717, 1.165) is 12.2 Å². The highest BCUT2D eigenvalue weighted by Crippen LogP contribution is 2.45. The molecule has 0 aromatic heterocycles. The van der Waals surface area contributed by atoms with E-state index in [-0.39, 0.29) is 12.1 Å². The summed E-state index contributed by atoms with van der Waals surface area (Å²) in [4.78, 5) is 23.6. The molecule has 0 saturated carbocycles. The fraction of sp³-hybridized carbons (Fsp3) is 0.538. The summed E-state index contributed by atoms with van der Waals surface area (Å²) in [5, 5.41) is 3.24. The number of allylic oxidation sites excluding steroid dienone is 1. The van der Waals surface area contributed by atoms with Crippen LogP contribution in [0, 0.1) is 0 Å². The van der Waals surface area contributed by atoms with Crippen LogP contribution in [0.4, 0.5) is 0 Å². The number of carbonyl (C=O) groups excluding carboxylic acids is 1. The lowest BCUT2D eigenvalue weighted by molar-refractivity contribution is -0.508. The van der Waals surface area contributed by atoms with E-state index in [2.05, 4.69) is 5.32 Å². The normalized spacial score (nSPS) is 36.4. The van der Waals surface area contributed by atoms with Crippen LogP contribution in [0.1, 0.15) is 6.92 Å². The fourth-order valence-corrected chi connectivity index (χ4v) is 2.87. The number of methoxy groups -OCH3 is 1. The predicted molar refractivity (Wildman–Crippen MR) is 66.3 cm³/mol. The lowest BCUT2D eigenvalue weighted by atomic mass is 9.80. The Kier molecular flexibility index (Phi) is 2.76. The van der Waals surface area contributed by atoms with E-state index in [1.807, 2.05) is 31.0 Å². The molecule has 0 aliphatic carbocycles. The monoisotopic (exact) mass is 264 g/mol. The van der Waals surface area contributed by atoms with E-state index in [1.54, 1.807) is 6.08 Å². The highest BCUT2D eigenvalue weighted by Gasteiger charge is 2.60. The molecular formula is C13H16N2O4. The van der Waals surface area contributed by atoms with Gasteiger partial charge in [-0.05, 0) is 20.0 Å². The Morgan fingerprint density at radius 2 is 2.42 bits per heavy atom. The van der Waals surface area contributed by atoms with Crippen LogP contribution >= 0.6 is 0 Å². The van der Waals surface area contributed by atoms with E-state index in [0.29, 0.717) is 11.3 Å². The molecule has 3 unspecified atom stereocenters. The molecule has 2 fully saturated rings. The standard InChI is InChI=1S/C13H16N2O4/c1-13-9(14-2)6-15-5-4-8(7-16)11(17-3)10(15)12(13)18-19-13/h4-5,9,12,14H,6H2,1-3H3. The summed E-state index contributed by atoms with van der Waals surface area (Å²) >= 11 is 0. The Balaban J connectivity index is 2.08. The molecule has 0 amide bonds. The summed E-state index contributed by atoms with van der Waals surface area (Å²) in [6.45, 7) is 2.71. The SMILES string of the molecule is CNC1CN2C=CC(=C=O)C(OC)=C2C2OOC12C. The second-order valence-electron chi connectivity index (χ2n) is 4.99. The topological polar surface area (TPSA) is 60.0 Å². The van der Waals surface area contributed by atoms with Crippen molar-refractivity contribution in [1.29, 1.82) is 0 Å². The molecule has 0 spiro atoms. The molecular weight excluding hydrogens is 248 g/mol. The van der Waals surface area contributed by atoms with Gasteiger partial charge in [-0.15, -0.1) is 0 Å². The molecule has 3 aliphatic rings. The minimum Gasteiger partial charge on any atom is -0.493 e. The second-order valence-corrected chi connectivity index (χ2v) is 4.99. The number of piperidine rings is 1. The number of fused-ring (bicyclic) bond motifs is 3. The van der Waals surface area contributed by atoms with Crippen LogP contribution in [0.5, 0.6) is 0 Å². The van der Waals surface area contributed by atoms with E-state index >= 15 is 0 Å². The highest BCUT2D eigenvalue weighted by atomic mass is 17.3. The minimum atomic E-state index is -0.455. The molecule has 3 atom stereocenters. The van der Waals surface area contributed by atoms with Gasteiger partial charge in [0.2, 0.25) is 0 Å². The Labute approximate surface area is 111 Å². The minimum absolute atomic E-state index is 0.125. The van der Waals surface area contributed by atoms with Crippen LogP contribution in [-0.2, 0) is 19.3 Å². The summed E-state index contributed by atoms with van der Waals surface area (Å²) in [5.41, 5.74) is 0.766. The molecule has 0 aromatic rings. The summed E-state index contributed by atoms with van der Waals surface area (Å²) < 4.78 is 5.36. The molecule has 102 valence electrons. The molecule has 1 N–H and O–H groups in total. The zero-order chi connectivity index (χ0) is 13.6. The van der Waals surface area contributed by atoms with Crippen LogP contribution in [0.3, 0.4) is 0 Å². The Bertz CT molecular complexity index is 521. The van der Waals surface area contributed by atoms with E-state index < -0.39 is 5.60 Å². The van der Waals surface area contributed by atoms with Gasteiger partial charge in [0.25, 0.3) is 0 Å². The van der Waals surface area contributed by atoms with Crippen LogP contribution in [0.2, 0.25) is 0 Å². The number of likely N-dealkylation sites (N-methyl/N-ethyl adjacent to an activating group) is 1. The third-order valence-electron chi connectivity index (χ3n) is 4.03. The largest absolute Gasteiger partial charge is 0.493 e. The number of ether oxygens (including phenoxy) is 1. The lowest BCUT2D eigenvalue weighted by Crippen LogP contribution is -2.72. The maximum absolute atomic E-state index is 11.0. The summed E-state index contributed by atoms with van der Waals surface area (Å²) in [7, 11) is 3.43. The molecule has 2 saturated heterocycles. The number of hydrogen-bond acceptors (Lipinski definition) is 6. The first-order valence-corrected chi connectivity index (χ1v) is 6.16. The van der Waals surface area contributed by atoms with Crippen molar-refractivity contribution in [3.63, 3.8) is 0 Å². The van der Waals surface area contributed by atoms with Crippen molar-refractivity contribution in [3.8, 4) is 0 Å². The van der Waals surface area contributed by atoms with Crippen molar-refractivity contribution in [2.45, 2.75) is 24.7 Å². The van der Waals surface area contributed by atoms with Crippen LogP contribution in [0.25, 0.3) is 0 Å². The maximum atomic E-state index is 11.0. The smallest absolute Gasteiger partial charge is 0.170 e. The van der Waals surface area contributed by atoms with Crippen molar-refractivity contribution in [3.05, 3.63) is 29.3 Å². The van der Waals surface area contributed by atoms with E-state index in [9.17, 15) is 4.79 Å². The zero-order valence-corrected chi connectivity index (χ0v) is 11.1. The summed E-state index contributed by atoms with van der Waals surface area (Å²) in [6, 6.07) is 0.125. The van der Waals surface area contributed by atoms with Crippen molar-refractivity contribution in [2.24, 2.45) is 0 Å². The van der Waals surface area contributed by atoms with Crippen molar-refractivity contribution >= 4 is 5.94 Å². The average molecular weight is 264 g/mol. The quantitative estimate of drug-likeness (QED) is 0.565. The number of nitrogens with zero attached hydrogens (tertiary/aromatic N) is 1. The Morgan fingerprint density at radius 3 is 2.95 bits per heavy atom. The predicted octanol–water partition coefficient (Wildman–Crippen LogP) is 0.122. The molecule has 6 heteroatoms. The average Bonchev–Trinajstić information content (AvgIpc) is 2.42. The Hall–Kier alpha value is -1.59. The van der Waals surface area contributed by atoms with Gasteiger partial charge in [-0.3, -0.25) is 0 Å². The zero-order valence-electron chi connectivity index (χ0n) is 11.1. The lowest BCUT2D eigenvalue weighted by Gasteiger charge is -2.56. The third kappa shape index (κ3) is 1.52. The van der Waals surface area contributed by atoms with Gasteiger partial charge >= 0.3 is 0 Å². The number of rotatable bonds is 2. The van der Waals surface area contributed by atoms with Gasteiger partial charge in [-0.25, -0.2) is 14.6 Å². The molecule has 0 bridgehead atoms. The van der Waals surface area contributed by atoms with Crippen molar-refractivity contribution in [1.82, 2.24) is 10.2 Å². The van der Waals surface area contributed by atoms with Gasteiger partial charge < -0.3 is 15.0 Å². The van der Waals surface area contributed by atoms with Gasteiger partial charge in [-0.1, -0.05) is 0 Å². The molecule has 3 rings (SSSR count). The number of nitrogens with one attached hydrogen (secondary N) is 1. The van der Waals surface area contributed by atoms with E-state index in [4.69, 9.17) is 14.5 Å². The van der Waals surface area contributed by atoms with Gasteiger partial charge in [-0.2, -0.15) is 0 Å². The number of hydrogen-bond donors (Lipinski definition) is 1. The van der Waals surface area contributed by atoms with Crippen LogP contribution in [-0.4, -0.2) is 49.3 Å². The van der Waals surface area contributed by atoms with Gasteiger partial charge in [0.15, 0.2) is 17.5 Å². The summed E-state index contributed by atoms with van der Waals surface area (Å²) in [6.07, 6.45) is 3.29. The van der Waals surface area contributed by atoms with Gasteiger partial charge in [0, 0.05) is 12.7 Å². The van der Waals surface area contributed by atoms with Crippen LogP contribution in [0.15, 0.2) is 29.3 Å². The first-order valence-electron chi connectivity index (χ1n) is 6.16. The van der Waals surface area contributed by atoms with Crippen molar-refractivity contribution in [2.75, 3.05) is 20.7 Å². The van der Waals surface area contributed by atoms with Crippen molar-refractivity contribution < 1.29 is 19.3 Å². The van der Waals surface area contributed by atoms with Gasteiger partial charge in [0.1, 0.15) is 11.5 Å². The molecule has 19 heavy (non-hydrogen) atoms. The molecule has 6 nitrogen and oxygen atoms in total. The van der Waals surface area contributed by atoms with E-state index in [1.165, 1.54) is 7.11 Å². The first-order chi connectivity index (χ1) is 9.15. The molecule has 3 heterocycles. The summed E-state index contributed by atoms with van der Waals surface area (Å²) in [5.74, 6) is 2.40. The second kappa shape index (κ2) is 4.21. The maximum Gasteiger partial charge on any atom is 0.170 e. The first kappa shape index (κ1) is 12.4. The third-order valence-corrected chi connectivity index (χ3v) is 4.03. The van der Waals surface area contributed by atoms with Gasteiger partial charge in [0.05, 0.1) is 18.8 Å². The van der Waals surface area contributed by atoms with Crippen LogP contribution < -0.4 is 5.32 Å². The molecule has 0 aromatic carbocycles. The fourth-order valence-electron chi connectivity index (χ4n) is 2.87. The molecule has 0 radical (unpaired) electrons.